The molecule has 1 aromatic rings. The first-order chi connectivity index (χ1) is 13.4. The molecule has 0 atom stereocenters. The first-order valence-corrected chi connectivity index (χ1v) is 10.4. The summed E-state index contributed by atoms with van der Waals surface area (Å²) in [6, 6.07) is 3.75. The van der Waals surface area contributed by atoms with Crippen LogP contribution in [0.3, 0.4) is 0 Å². The van der Waals surface area contributed by atoms with Crippen molar-refractivity contribution in [1.29, 1.82) is 0 Å². The number of aliphatic imine (C=N–C) groups is 1. The molecule has 7 nitrogen and oxygen atoms in total. The average Bonchev–Trinajstić information content (AvgIpc) is 2.68. The molecule has 7 heteroatoms. The van der Waals surface area contributed by atoms with Gasteiger partial charge in [-0.25, -0.2) is 4.98 Å². The van der Waals surface area contributed by atoms with Crippen molar-refractivity contribution in [2.45, 2.75) is 58.9 Å². The van der Waals surface area contributed by atoms with E-state index in [2.05, 4.69) is 39.7 Å². The zero-order valence-electron chi connectivity index (χ0n) is 17.8. The number of anilines is 1. The largest absolute Gasteiger partial charge is 0.357 e. The number of pyridine rings is 1. The van der Waals surface area contributed by atoms with Gasteiger partial charge in [-0.3, -0.25) is 14.7 Å². The highest BCUT2D eigenvalue weighted by Gasteiger charge is 2.27. The summed E-state index contributed by atoms with van der Waals surface area (Å²) in [4.78, 5) is 23.6. The SMILES string of the molecule is CCNC(=NCC(C)(C)N1CCCCC1)NCCC(=O)Nc1ccc(C)cn1. The highest BCUT2D eigenvalue weighted by molar-refractivity contribution is 5.90. The first kappa shape index (κ1) is 22.1. The van der Waals surface area contributed by atoms with Crippen LogP contribution in [0.5, 0.6) is 0 Å². The summed E-state index contributed by atoms with van der Waals surface area (Å²) < 4.78 is 0. The number of carbonyl (C=O) groups excluding carboxylic acids is 1. The zero-order chi connectivity index (χ0) is 20.4. The van der Waals surface area contributed by atoms with Crippen molar-refractivity contribution in [3.63, 3.8) is 0 Å². The maximum Gasteiger partial charge on any atom is 0.227 e. The fourth-order valence-corrected chi connectivity index (χ4v) is 3.26. The minimum Gasteiger partial charge on any atom is -0.357 e. The van der Waals surface area contributed by atoms with Crippen molar-refractivity contribution >= 4 is 17.7 Å². The fraction of sp³-hybridized carbons (Fsp3) is 0.667. The van der Waals surface area contributed by atoms with Gasteiger partial charge in [-0.1, -0.05) is 12.5 Å². The Morgan fingerprint density at radius 2 is 1.96 bits per heavy atom. The Morgan fingerprint density at radius 1 is 1.21 bits per heavy atom. The smallest absolute Gasteiger partial charge is 0.227 e. The van der Waals surface area contributed by atoms with Gasteiger partial charge in [-0.2, -0.15) is 0 Å². The molecular weight excluding hydrogens is 352 g/mol. The third-order valence-corrected chi connectivity index (χ3v) is 5.00. The predicted molar refractivity (Wildman–Crippen MR) is 116 cm³/mol. The van der Waals surface area contributed by atoms with Crippen molar-refractivity contribution in [3.05, 3.63) is 23.9 Å². The highest BCUT2D eigenvalue weighted by Crippen LogP contribution is 2.20. The Bertz CT molecular complexity index is 635. The number of piperidine rings is 1. The van der Waals surface area contributed by atoms with Gasteiger partial charge in [0.05, 0.1) is 6.54 Å². The second-order valence-electron chi connectivity index (χ2n) is 8.00. The number of likely N-dealkylation sites (tertiary alicyclic amines) is 1. The number of carbonyl (C=O) groups is 1. The molecule has 0 aliphatic carbocycles. The minimum atomic E-state index is -0.0617. The minimum absolute atomic E-state index is 0.0389. The normalized spacial score (nSPS) is 15.9. The van der Waals surface area contributed by atoms with Crippen LogP contribution in [-0.2, 0) is 4.79 Å². The van der Waals surface area contributed by atoms with Gasteiger partial charge in [0.2, 0.25) is 5.91 Å². The summed E-state index contributed by atoms with van der Waals surface area (Å²) in [6.07, 6.45) is 5.98. The van der Waals surface area contributed by atoms with E-state index in [1.807, 2.05) is 26.0 Å². The lowest BCUT2D eigenvalue weighted by atomic mass is 9.99. The first-order valence-electron chi connectivity index (χ1n) is 10.4. The topological polar surface area (TPSA) is 81.7 Å². The van der Waals surface area contributed by atoms with Gasteiger partial charge in [0.1, 0.15) is 5.82 Å². The molecular formula is C21H36N6O. The standard InChI is InChI=1S/C21H36N6O/c1-5-22-20(25-16-21(3,4)27-13-7-6-8-14-27)23-12-11-19(28)26-18-10-9-17(2)15-24-18/h9-10,15H,5-8,11-14,16H2,1-4H3,(H2,22,23,25)(H,24,26,28). The number of guanidine groups is 1. The third kappa shape index (κ3) is 7.46. The molecule has 0 bridgehead atoms. The second-order valence-corrected chi connectivity index (χ2v) is 8.00. The van der Waals surface area contributed by atoms with E-state index >= 15 is 0 Å². The van der Waals surface area contributed by atoms with Crippen LogP contribution >= 0.6 is 0 Å². The van der Waals surface area contributed by atoms with Gasteiger partial charge in [-0.15, -0.1) is 0 Å². The molecule has 0 aromatic carbocycles. The van der Waals surface area contributed by atoms with E-state index in [1.54, 1.807) is 6.20 Å². The average molecular weight is 389 g/mol. The monoisotopic (exact) mass is 388 g/mol. The Labute approximate surface area is 169 Å². The molecule has 1 saturated heterocycles. The van der Waals surface area contributed by atoms with E-state index in [1.165, 1.54) is 19.3 Å². The van der Waals surface area contributed by atoms with E-state index in [0.717, 1.165) is 37.7 Å². The molecule has 3 N–H and O–H groups in total. The number of nitrogens with zero attached hydrogens (tertiary/aromatic N) is 3. The van der Waals surface area contributed by atoms with E-state index in [-0.39, 0.29) is 11.4 Å². The molecule has 1 aromatic heterocycles. The summed E-state index contributed by atoms with van der Waals surface area (Å²) in [5, 5.41) is 9.34. The second kappa shape index (κ2) is 11.0. The van der Waals surface area contributed by atoms with Crippen molar-refractivity contribution in [2.75, 3.05) is 38.0 Å². The predicted octanol–water partition coefficient (Wildman–Crippen LogP) is 2.54. The van der Waals surface area contributed by atoms with Gasteiger partial charge in [-0.05, 0) is 65.3 Å². The molecule has 1 fully saturated rings. The van der Waals surface area contributed by atoms with Crippen LogP contribution in [0.1, 0.15) is 52.0 Å². The van der Waals surface area contributed by atoms with Gasteiger partial charge in [0.25, 0.3) is 0 Å². The van der Waals surface area contributed by atoms with Crippen LogP contribution in [0, 0.1) is 6.92 Å². The number of amides is 1. The van der Waals surface area contributed by atoms with Crippen LogP contribution in [0.2, 0.25) is 0 Å². The van der Waals surface area contributed by atoms with Crippen molar-refractivity contribution in [1.82, 2.24) is 20.5 Å². The van der Waals surface area contributed by atoms with Crippen molar-refractivity contribution < 1.29 is 4.79 Å². The van der Waals surface area contributed by atoms with Crippen LogP contribution < -0.4 is 16.0 Å². The Balaban J connectivity index is 1.80. The summed E-state index contributed by atoms with van der Waals surface area (Å²) in [7, 11) is 0. The number of aryl methyl sites for hydroxylation is 1. The van der Waals surface area contributed by atoms with Crippen LogP contribution in [-0.4, -0.2) is 60.0 Å². The summed E-state index contributed by atoms with van der Waals surface area (Å²) in [6.45, 7) is 12.9. The van der Waals surface area contributed by atoms with Crippen LogP contribution in [0.4, 0.5) is 5.82 Å². The number of rotatable bonds is 8. The van der Waals surface area contributed by atoms with Gasteiger partial charge in [0.15, 0.2) is 5.96 Å². The summed E-state index contributed by atoms with van der Waals surface area (Å²) in [5.74, 6) is 1.28. The molecule has 156 valence electrons. The number of nitrogens with one attached hydrogen (secondary N) is 3. The number of hydrogen-bond acceptors (Lipinski definition) is 4. The maximum atomic E-state index is 12.1. The maximum absolute atomic E-state index is 12.1. The van der Waals surface area contributed by atoms with Crippen LogP contribution in [0.15, 0.2) is 23.3 Å². The lowest BCUT2D eigenvalue weighted by molar-refractivity contribution is -0.116. The molecule has 1 aliphatic heterocycles. The van der Waals surface area contributed by atoms with Gasteiger partial charge < -0.3 is 16.0 Å². The molecule has 1 aliphatic rings. The Kier molecular flexibility index (Phi) is 8.70. The number of hydrogen-bond donors (Lipinski definition) is 3. The highest BCUT2D eigenvalue weighted by atomic mass is 16.1. The molecule has 0 spiro atoms. The van der Waals surface area contributed by atoms with E-state index in [4.69, 9.17) is 4.99 Å². The van der Waals surface area contributed by atoms with E-state index in [0.29, 0.717) is 18.8 Å². The Hall–Kier alpha value is -2.15. The molecule has 2 heterocycles. The van der Waals surface area contributed by atoms with E-state index in [9.17, 15) is 4.79 Å². The lowest BCUT2D eigenvalue weighted by Gasteiger charge is -2.40. The summed E-state index contributed by atoms with van der Waals surface area (Å²) >= 11 is 0. The van der Waals surface area contributed by atoms with Crippen molar-refractivity contribution in [2.24, 2.45) is 4.99 Å². The van der Waals surface area contributed by atoms with Gasteiger partial charge in [0, 0.05) is 31.2 Å². The summed E-state index contributed by atoms with van der Waals surface area (Å²) in [5.41, 5.74) is 1.11. The number of aromatic nitrogens is 1. The van der Waals surface area contributed by atoms with Gasteiger partial charge >= 0.3 is 0 Å². The quantitative estimate of drug-likeness (QED) is 0.471. The van der Waals surface area contributed by atoms with E-state index < -0.39 is 0 Å². The lowest BCUT2D eigenvalue weighted by Crippen LogP contribution is -2.49. The Morgan fingerprint density at radius 3 is 2.61 bits per heavy atom. The molecule has 1 amide bonds. The fourth-order valence-electron chi connectivity index (χ4n) is 3.26. The third-order valence-electron chi connectivity index (χ3n) is 5.00. The zero-order valence-corrected chi connectivity index (χ0v) is 17.8. The molecule has 0 saturated carbocycles. The molecule has 0 radical (unpaired) electrons. The molecule has 28 heavy (non-hydrogen) atoms. The van der Waals surface area contributed by atoms with Crippen molar-refractivity contribution in [3.8, 4) is 0 Å². The molecule has 0 unspecified atom stereocenters. The van der Waals surface area contributed by atoms with Crippen LogP contribution in [0.25, 0.3) is 0 Å². The molecule has 2 rings (SSSR count).